The molecule has 1 fully saturated rings. The molecule has 1 aromatic rings. The summed E-state index contributed by atoms with van der Waals surface area (Å²) >= 11 is 3.36. The lowest BCUT2D eigenvalue weighted by Gasteiger charge is -2.26. The molecule has 0 bridgehead atoms. The van der Waals surface area contributed by atoms with E-state index in [-0.39, 0.29) is 17.9 Å². The minimum Gasteiger partial charge on any atom is -0.393 e. The Balaban J connectivity index is 1.97. The van der Waals surface area contributed by atoms with E-state index in [9.17, 15) is 13.5 Å². The smallest absolute Gasteiger partial charge is 0.216 e. The van der Waals surface area contributed by atoms with Crippen LogP contribution in [0.15, 0.2) is 28.7 Å². The first-order valence-corrected chi connectivity index (χ1v) is 8.82. The molecule has 1 saturated carbocycles. The van der Waals surface area contributed by atoms with Crippen molar-refractivity contribution in [3.8, 4) is 0 Å². The summed E-state index contributed by atoms with van der Waals surface area (Å²) in [6.07, 6.45) is 2.47. The SMILES string of the molecule is O=S(=O)(Cc1ccccc1Br)N[C@H]1CC[C@H](O)CC1. The molecule has 0 radical (unpaired) electrons. The van der Waals surface area contributed by atoms with Gasteiger partial charge in [0, 0.05) is 10.5 Å². The van der Waals surface area contributed by atoms with Crippen molar-refractivity contribution in [1.82, 2.24) is 4.72 Å². The third-order valence-corrected chi connectivity index (χ3v) is 5.50. The van der Waals surface area contributed by atoms with E-state index in [0.29, 0.717) is 25.7 Å². The standard InChI is InChI=1S/C13H18BrNO3S/c14-13-4-2-1-3-10(13)9-19(17,18)15-11-5-7-12(16)8-6-11/h1-4,11-12,15-16H,5-9H2/t11-,12-. The van der Waals surface area contributed by atoms with E-state index >= 15 is 0 Å². The van der Waals surface area contributed by atoms with E-state index < -0.39 is 10.0 Å². The average Bonchev–Trinajstić information content (AvgIpc) is 2.35. The number of rotatable bonds is 4. The lowest BCUT2D eigenvalue weighted by Crippen LogP contribution is -2.39. The predicted molar refractivity (Wildman–Crippen MR) is 78.2 cm³/mol. The second-order valence-corrected chi connectivity index (χ2v) is 7.58. The van der Waals surface area contributed by atoms with E-state index in [0.717, 1.165) is 10.0 Å². The Hall–Kier alpha value is -0.430. The maximum absolute atomic E-state index is 12.1. The number of nitrogens with one attached hydrogen (secondary N) is 1. The van der Waals surface area contributed by atoms with Gasteiger partial charge in [0.15, 0.2) is 0 Å². The van der Waals surface area contributed by atoms with Crippen LogP contribution in [0.4, 0.5) is 0 Å². The molecule has 0 saturated heterocycles. The summed E-state index contributed by atoms with van der Waals surface area (Å²) in [5, 5.41) is 9.41. The van der Waals surface area contributed by atoms with E-state index in [1.807, 2.05) is 18.2 Å². The molecule has 1 aromatic carbocycles. The first-order chi connectivity index (χ1) is 8.96. The fourth-order valence-corrected chi connectivity index (χ4v) is 4.41. The van der Waals surface area contributed by atoms with Gasteiger partial charge in [-0.3, -0.25) is 0 Å². The molecule has 1 aliphatic rings. The molecule has 1 aliphatic carbocycles. The third-order valence-electron chi connectivity index (χ3n) is 3.35. The number of halogens is 1. The van der Waals surface area contributed by atoms with Gasteiger partial charge in [-0.25, -0.2) is 13.1 Å². The van der Waals surface area contributed by atoms with Gasteiger partial charge in [0.2, 0.25) is 10.0 Å². The Labute approximate surface area is 122 Å². The van der Waals surface area contributed by atoms with Crippen LogP contribution < -0.4 is 4.72 Å². The number of sulfonamides is 1. The largest absolute Gasteiger partial charge is 0.393 e. The molecule has 19 heavy (non-hydrogen) atoms. The highest BCUT2D eigenvalue weighted by atomic mass is 79.9. The van der Waals surface area contributed by atoms with Gasteiger partial charge in [-0.1, -0.05) is 34.1 Å². The summed E-state index contributed by atoms with van der Waals surface area (Å²) in [7, 11) is -3.34. The van der Waals surface area contributed by atoms with Crippen molar-refractivity contribution < 1.29 is 13.5 Å². The molecule has 106 valence electrons. The van der Waals surface area contributed by atoms with Crippen LogP contribution in [0, 0.1) is 0 Å². The van der Waals surface area contributed by atoms with Crippen LogP contribution >= 0.6 is 15.9 Å². The van der Waals surface area contributed by atoms with Crippen LogP contribution in [0.2, 0.25) is 0 Å². The first kappa shape index (κ1) is 15.0. The van der Waals surface area contributed by atoms with Gasteiger partial charge in [-0.15, -0.1) is 0 Å². The number of benzene rings is 1. The van der Waals surface area contributed by atoms with Crippen molar-refractivity contribution >= 4 is 26.0 Å². The van der Waals surface area contributed by atoms with Crippen LogP contribution in [-0.2, 0) is 15.8 Å². The summed E-state index contributed by atoms with van der Waals surface area (Å²) in [6.45, 7) is 0. The normalized spacial score (nSPS) is 24.3. The van der Waals surface area contributed by atoms with Crippen molar-refractivity contribution in [1.29, 1.82) is 0 Å². The highest BCUT2D eigenvalue weighted by Crippen LogP contribution is 2.21. The zero-order valence-corrected chi connectivity index (χ0v) is 13.0. The number of hydrogen-bond acceptors (Lipinski definition) is 3. The maximum atomic E-state index is 12.1. The topological polar surface area (TPSA) is 66.4 Å². The first-order valence-electron chi connectivity index (χ1n) is 6.38. The minimum atomic E-state index is -3.34. The Morgan fingerprint density at radius 2 is 1.84 bits per heavy atom. The Bertz CT molecular complexity index is 524. The van der Waals surface area contributed by atoms with Gasteiger partial charge >= 0.3 is 0 Å². The van der Waals surface area contributed by atoms with Gasteiger partial charge in [-0.05, 0) is 37.3 Å². The summed E-state index contributed by atoms with van der Waals surface area (Å²) in [5.74, 6) is -0.0204. The van der Waals surface area contributed by atoms with Crippen LogP contribution in [0.25, 0.3) is 0 Å². The maximum Gasteiger partial charge on any atom is 0.216 e. The van der Waals surface area contributed by atoms with Crippen molar-refractivity contribution in [2.45, 2.75) is 43.6 Å². The molecular formula is C13H18BrNO3S. The fourth-order valence-electron chi connectivity index (χ4n) is 2.31. The molecule has 0 spiro atoms. The minimum absolute atomic E-state index is 0.0204. The second kappa shape index (κ2) is 6.35. The number of aliphatic hydroxyl groups excluding tert-OH is 1. The fraction of sp³-hybridized carbons (Fsp3) is 0.538. The van der Waals surface area contributed by atoms with Gasteiger partial charge < -0.3 is 5.11 Å². The molecule has 0 heterocycles. The summed E-state index contributed by atoms with van der Waals surface area (Å²) in [5.41, 5.74) is 0.755. The summed E-state index contributed by atoms with van der Waals surface area (Å²) < 4.78 is 27.8. The molecular weight excluding hydrogens is 330 g/mol. The highest BCUT2D eigenvalue weighted by molar-refractivity contribution is 9.10. The average molecular weight is 348 g/mol. The Kier molecular flexibility index (Phi) is 5.00. The van der Waals surface area contributed by atoms with Gasteiger partial charge in [0.1, 0.15) is 0 Å². The highest BCUT2D eigenvalue weighted by Gasteiger charge is 2.24. The zero-order chi connectivity index (χ0) is 13.9. The second-order valence-electron chi connectivity index (χ2n) is 4.97. The van der Waals surface area contributed by atoms with E-state index in [2.05, 4.69) is 20.7 Å². The Morgan fingerprint density at radius 1 is 1.21 bits per heavy atom. The molecule has 0 aliphatic heterocycles. The van der Waals surface area contributed by atoms with Crippen molar-refractivity contribution in [3.05, 3.63) is 34.3 Å². The summed E-state index contributed by atoms with van der Waals surface area (Å²) in [6, 6.07) is 7.27. The molecule has 0 aromatic heterocycles. The van der Waals surface area contributed by atoms with Gasteiger partial charge in [0.05, 0.1) is 11.9 Å². The number of hydrogen-bond donors (Lipinski definition) is 2. The van der Waals surface area contributed by atoms with E-state index in [1.54, 1.807) is 6.07 Å². The van der Waals surface area contributed by atoms with Crippen LogP contribution in [0.1, 0.15) is 31.2 Å². The van der Waals surface area contributed by atoms with Crippen molar-refractivity contribution in [2.75, 3.05) is 0 Å². The Morgan fingerprint density at radius 3 is 2.47 bits per heavy atom. The molecule has 0 amide bonds. The van der Waals surface area contributed by atoms with Crippen molar-refractivity contribution in [3.63, 3.8) is 0 Å². The van der Waals surface area contributed by atoms with Crippen LogP contribution in [0.3, 0.4) is 0 Å². The van der Waals surface area contributed by atoms with Gasteiger partial charge in [0.25, 0.3) is 0 Å². The molecule has 0 atom stereocenters. The quantitative estimate of drug-likeness (QED) is 0.877. The molecule has 2 rings (SSSR count). The lowest BCUT2D eigenvalue weighted by atomic mass is 9.94. The van der Waals surface area contributed by atoms with Crippen LogP contribution in [0.5, 0.6) is 0 Å². The third kappa shape index (κ3) is 4.56. The predicted octanol–water partition coefficient (Wildman–Crippen LogP) is 2.17. The van der Waals surface area contributed by atoms with E-state index in [4.69, 9.17) is 0 Å². The molecule has 4 nitrogen and oxygen atoms in total. The lowest BCUT2D eigenvalue weighted by molar-refractivity contribution is 0.120. The number of aliphatic hydroxyl groups is 1. The van der Waals surface area contributed by atoms with Crippen LogP contribution in [-0.4, -0.2) is 25.7 Å². The molecule has 2 N–H and O–H groups in total. The monoisotopic (exact) mass is 347 g/mol. The van der Waals surface area contributed by atoms with Crippen molar-refractivity contribution in [2.24, 2.45) is 0 Å². The van der Waals surface area contributed by atoms with E-state index in [1.165, 1.54) is 0 Å². The van der Waals surface area contributed by atoms with Gasteiger partial charge in [-0.2, -0.15) is 0 Å². The molecule has 6 heteroatoms. The summed E-state index contributed by atoms with van der Waals surface area (Å²) in [4.78, 5) is 0. The zero-order valence-electron chi connectivity index (χ0n) is 10.5. The molecule has 0 unspecified atom stereocenters.